The monoisotopic (exact) mass is 259 g/mol. The summed E-state index contributed by atoms with van der Waals surface area (Å²) in [5.41, 5.74) is 3.17. The smallest absolute Gasteiger partial charge is 0.231 e. The predicted molar refractivity (Wildman–Crippen MR) is 66.3 cm³/mol. The first-order valence-corrected chi connectivity index (χ1v) is 6.25. The number of aromatic hydroxyl groups is 1. The summed E-state index contributed by atoms with van der Waals surface area (Å²) in [6, 6.07) is 7.08. The number of nitrogens with zero attached hydrogens (tertiary/aromatic N) is 3. The van der Waals surface area contributed by atoms with Crippen molar-refractivity contribution in [3.8, 4) is 17.3 Å². The highest BCUT2D eigenvalue weighted by Crippen LogP contribution is 2.21. The van der Waals surface area contributed by atoms with E-state index in [2.05, 4.69) is 15.1 Å². The molecule has 1 aromatic carbocycles. The third-order valence-corrected chi connectivity index (χ3v) is 3.05. The lowest BCUT2D eigenvalue weighted by Gasteiger charge is -1.99. The number of phenolic OH excluding ortho intramolecular Hbond substituents is 1. The van der Waals surface area contributed by atoms with Crippen LogP contribution in [0.25, 0.3) is 11.5 Å². The Kier molecular flexibility index (Phi) is 2.77. The zero-order valence-corrected chi connectivity index (χ0v) is 10.1. The van der Waals surface area contributed by atoms with Gasteiger partial charge in [0.25, 0.3) is 0 Å². The Morgan fingerprint density at radius 2 is 2.17 bits per heavy atom. The van der Waals surface area contributed by atoms with Gasteiger partial charge in [0, 0.05) is 10.9 Å². The van der Waals surface area contributed by atoms with Crippen LogP contribution in [0, 0.1) is 0 Å². The van der Waals surface area contributed by atoms with E-state index >= 15 is 0 Å². The number of thiazole rings is 1. The minimum absolute atomic E-state index is 0.228. The van der Waals surface area contributed by atoms with E-state index in [4.69, 9.17) is 4.52 Å². The summed E-state index contributed by atoms with van der Waals surface area (Å²) in [5.74, 6) is 1.16. The van der Waals surface area contributed by atoms with Crippen molar-refractivity contribution < 1.29 is 9.63 Å². The zero-order valence-electron chi connectivity index (χ0n) is 9.28. The van der Waals surface area contributed by atoms with Crippen LogP contribution in [-0.4, -0.2) is 20.2 Å². The van der Waals surface area contributed by atoms with Gasteiger partial charge in [-0.2, -0.15) is 4.98 Å². The number of phenols is 1. The first-order chi connectivity index (χ1) is 8.83. The Labute approximate surface area is 107 Å². The molecule has 0 unspecified atom stereocenters. The molecule has 90 valence electrons. The van der Waals surface area contributed by atoms with Crippen LogP contribution in [0.4, 0.5) is 0 Å². The second kappa shape index (κ2) is 4.58. The van der Waals surface area contributed by atoms with E-state index in [0.29, 0.717) is 23.8 Å². The quantitative estimate of drug-likeness (QED) is 0.782. The summed E-state index contributed by atoms with van der Waals surface area (Å²) in [7, 11) is 0. The van der Waals surface area contributed by atoms with Gasteiger partial charge in [0.1, 0.15) is 11.4 Å². The molecule has 0 saturated carbocycles. The fourth-order valence-electron chi connectivity index (χ4n) is 1.58. The minimum atomic E-state index is 0.228. The molecule has 3 aromatic rings. The number of aromatic nitrogens is 3. The van der Waals surface area contributed by atoms with Crippen LogP contribution in [-0.2, 0) is 6.42 Å². The maximum atomic E-state index is 9.66. The number of rotatable bonds is 3. The van der Waals surface area contributed by atoms with Crippen molar-refractivity contribution in [3.63, 3.8) is 0 Å². The van der Waals surface area contributed by atoms with Gasteiger partial charge in [0.2, 0.25) is 11.7 Å². The molecule has 0 aliphatic heterocycles. The van der Waals surface area contributed by atoms with Gasteiger partial charge >= 0.3 is 0 Å². The molecule has 0 saturated heterocycles. The molecule has 0 amide bonds. The van der Waals surface area contributed by atoms with Gasteiger partial charge in [0.15, 0.2) is 0 Å². The topological polar surface area (TPSA) is 72.0 Å². The first-order valence-electron chi connectivity index (χ1n) is 5.31. The van der Waals surface area contributed by atoms with E-state index in [1.54, 1.807) is 17.6 Å². The van der Waals surface area contributed by atoms with Crippen molar-refractivity contribution >= 4 is 11.3 Å². The number of para-hydroxylation sites is 1. The first kappa shape index (κ1) is 10.9. The van der Waals surface area contributed by atoms with E-state index in [9.17, 15) is 5.11 Å². The highest BCUT2D eigenvalue weighted by Gasteiger charge is 2.11. The SMILES string of the molecule is Oc1ccccc1Cc1nc(-c2cscn2)no1. The molecule has 2 heterocycles. The van der Waals surface area contributed by atoms with Crippen molar-refractivity contribution in [1.82, 2.24) is 15.1 Å². The zero-order chi connectivity index (χ0) is 12.4. The van der Waals surface area contributed by atoms with Crippen LogP contribution < -0.4 is 0 Å². The second-order valence-corrected chi connectivity index (χ2v) is 4.41. The lowest BCUT2D eigenvalue weighted by atomic mass is 10.1. The summed E-state index contributed by atoms with van der Waals surface area (Å²) in [6.07, 6.45) is 0.407. The van der Waals surface area contributed by atoms with Crippen LogP contribution >= 0.6 is 11.3 Å². The van der Waals surface area contributed by atoms with E-state index in [0.717, 1.165) is 5.56 Å². The van der Waals surface area contributed by atoms with Gasteiger partial charge in [-0.15, -0.1) is 11.3 Å². The van der Waals surface area contributed by atoms with Crippen molar-refractivity contribution in [2.24, 2.45) is 0 Å². The van der Waals surface area contributed by atoms with Crippen LogP contribution in [0.3, 0.4) is 0 Å². The average Bonchev–Trinajstić information content (AvgIpc) is 3.02. The van der Waals surface area contributed by atoms with Gasteiger partial charge in [-0.25, -0.2) is 4.98 Å². The Morgan fingerprint density at radius 1 is 1.28 bits per heavy atom. The average molecular weight is 259 g/mol. The maximum absolute atomic E-state index is 9.66. The lowest BCUT2D eigenvalue weighted by molar-refractivity contribution is 0.383. The standard InChI is InChI=1S/C12H9N3O2S/c16-10-4-2-1-3-8(10)5-11-14-12(15-17-11)9-6-18-7-13-9/h1-4,6-7,16H,5H2. The van der Waals surface area contributed by atoms with Gasteiger partial charge in [-0.1, -0.05) is 23.4 Å². The summed E-state index contributed by atoms with van der Waals surface area (Å²) in [6.45, 7) is 0. The van der Waals surface area contributed by atoms with Crippen LogP contribution in [0.5, 0.6) is 5.75 Å². The molecule has 18 heavy (non-hydrogen) atoms. The molecule has 6 heteroatoms. The Hall–Kier alpha value is -2.21. The molecule has 1 N–H and O–H groups in total. The lowest BCUT2D eigenvalue weighted by Crippen LogP contribution is -1.89. The molecule has 0 aliphatic rings. The summed E-state index contributed by atoms with van der Waals surface area (Å²) in [5, 5.41) is 15.4. The Bertz CT molecular complexity index is 649. The molecule has 0 fully saturated rings. The number of benzene rings is 1. The molecule has 0 aliphatic carbocycles. The van der Waals surface area contributed by atoms with E-state index in [1.165, 1.54) is 11.3 Å². The molecular weight excluding hydrogens is 250 g/mol. The fourth-order valence-corrected chi connectivity index (χ4v) is 2.11. The van der Waals surface area contributed by atoms with Crippen LogP contribution in [0.15, 0.2) is 39.7 Å². The van der Waals surface area contributed by atoms with Gasteiger partial charge in [-0.05, 0) is 6.07 Å². The van der Waals surface area contributed by atoms with E-state index in [1.807, 2.05) is 17.5 Å². The molecule has 0 atom stereocenters. The van der Waals surface area contributed by atoms with Crippen molar-refractivity contribution in [2.45, 2.75) is 6.42 Å². The molecule has 0 bridgehead atoms. The molecule has 2 aromatic heterocycles. The summed E-state index contributed by atoms with van der Waals surface area (Å²) in [4.78, 5) is 8.35. The summed E-state index contributed by atoms with van der Waals surface area (Å²) >= 11 is 1.48. The highest BCUT2D eigenvalue weighted by atomic mass is 32.1. The van der Waals surface area contributed by atoms with E-state index in [-0.39, 0.29) is 5.75 Å². The molecule has 5 nitrogen and oxygen atoms in total. The largest absolute Gasteiger partial charge is 0.508 e. The maximum Gasteiger partial charge on any atom is 0.231 e. The summed E-state index contributed by atoms with van der Waals surface area (Å²) < 4.78 is 5.14. The van der Waals surface area contributed by atoms with Crippen LogP contribution in [0.2, 0.25) is 0 Å². The van der Waals surface area contributed by atoms with Crippen LogP contribution in [0.1, 0.15) is 11.5 Å². The minimum Gasteiger partial charge on any atom is -0.508 e. The van der Waals surface area contributed by atoms with Gasteiger partial charge in [0.05, 0.1) is 11.9 Å². The molecular formula is C12H9N3O2S. The van der Waals surface area contributed by atoms with Crippen molar-refractivity contribution in [3.05, 3.63) is 46.6 Å². The number of hydrogen-bond acceptors (Lipinski definition) is 6. The Balaban J connectivity index is 1.85. The number of hydrogen-bond donors (Lipinski definition) is 1. The third kappa shape index (κ3) is 2.10. The van der Waals surface area contributed by atoms with E-state index < -0.39 is 0 Å². The van der Waals surface area contributed by atoms with Crippen molar-refractivity contribution in [1.29, 1.82) is 0 Å². The third-order valence-electron chi connectivity index (χ3n) is 2.46. The predicted octanol–water partition coefficient (Wildman–Crippen LogP) is 2.49. The van der Waals surface area contributed by atoms with Crippen molar-refractivity contribution in [2.75, 3.05) is 0 Å². The van der Waals surface area contributed by atoms with Gasteiger partial charge in [-0.3, -0.25) is 0 Å². The van der Waals surface area contributed by atoms with Gasteiger partial charge < -0.3 is 9.63 Å². The highest BCUT2D eigenvalue weighted by molar-refractivity contribution is 7.07. The second-order valence-electron chi connectivity index (χ2n) is 3.69. The Morgan fingerprint density at radius 3 is 2.94 bits per heavy atom. The fraction of sp³-hybridized carbons (Fsp3) is 0.0833. The molecule has 0 radical (unpaired) electrons. The molecule has 3 rings (SSSR count). The normalized spacial score (nSPS) is 10.7. The molecule has 0 spiro atoms.